The summed E-state index contributed by atoms with van der Waals surface area (Å²) in [7, 11) is 0. The monoisotopic (exact) mass is 357 g/mol. The van der Waals surface area contributed by atoms with Crippen molar-refractivity contribution in [2.75, 3.05) is 6.54 Å². The van der Waals surface area contributed by atoms with E-state index in [0.29, 0.717) is 25.1 Å². The minimum atomic E-state index is -0.766. The third kappa shape index (κ3) is 5.28. The number of hydrogen-bond acceptors (Lipinski definition) is 5. The van der Waals surface area contributed by atoms with Crippen LogP contribution in [0, 0.1) is 5.92 Å². The highest BCUT2D eigenvalue weighted by molar-refractivity contribution is 5.89. The first-order valence-electron chi connectivity index (χ1n) is 8.89. The van der Waals surface area contributed by atoms with Crippen LogP contribution in [0.2, 0.25) is 0 Å². The molecule has 0 aromatic heterocycles. The van der Waals surface area contributed by atoms with Gasteiger partial charge in [0.15, 0.2) is 0 Å². The highest BCUT2D eigenvalue weighted by Gasteiger charge is 2.28. The van der Waals surface area contributed by atoms with Crippen LogP contribution >= 0.6 is 0 Å². The molecule has 0 heterocycles. The molecule has 0 saturated carbocycles. The smallest absolute Gasteiger partial charge is 0.334 e. The third-order valence-corrected chi connectivity index (χ3v) is 4.21. The Balaban J connectivity index is 2.06. The zero-order chi connectivity index (χ0) is 19.1. The Labute approximate surface area is 153 Å². The van der Waals surface area contributed by atoms with E-state index in [9.17, 15) is 9.59 Å². The highest BCUT2D eigenvalue weighted by Crippen LogP contribution is 2.21. The number of esters is 1. The fourth-order valence-electron chi connectivity index (χ4n) is 2.64. The predicted molar refractivity (Wildman–Crippen MR) is 103 cm³/mol. The van der Waals surface area contributed by atoms with Crippen LogP contribution in [0.4, 0.5) is 0 Å². The lowest BCUT2D eigenvalue weighted by molar-refractivity contribution is -0.140. The number of benzene rings is 2. The minimum absolute atomic E-state index is 0.131. The van der Waals surface area contributed by atoms with E-state index in [0.717, 1.165) is 10.8 Å². The van der Waals surface area contributed by atoms with E-state index < -0.39 is 18.1 Å². The molecule has 140 valence electrons. The second-order valence-electron chi connectivity index (χ2n) is 6.70. The van der Waals surface area contributed by atoms with Crippen molar-refractivity contribution in [1.82, 2.24) is 5.32 Å². The average Bonchev–Trinajstić information content (AvgIpc) is 2.63. The molecule has 2 aromatic carbocycles. The minimum Gasteiger partial charge on any atom is -0.425 e. The normalized spacial score (nSPS) is 13.4. The van der Waals surface area contributed by atoms with E-state index in [1.807, 2.05) is 44.2 Å². The Morgan fingerprint density at radius 3 is 2.46 bits per heavy atom. The van der Waals surface area contributed by atoms with E-state index in [-0.39, 0.29) is 11.8 Å². The predicted octanol–water partition coefficient (Wildman–Crippen LogP) is 1.95. The van der Waals surface area contributed by atoms with Gasteiger partial charge in [-0.05, 0) is 48.2 Å². The first-order valence-corrected chi connectivity index (χ1v) is 8.89. The first-order chi connectivity index (χ1) is 12.4. The Morgan fingerprint density at radius 1 is 1.12 bits per heavy atom. The number of amides is 1. The van der Waals surface area contributed by atoms with Gasteiger partial charge in [-0.1, -0.05) is 44.2 Å². The van der Waals surface area contributed by atoms with Crippen LogP contribution in [0.5, 0.6) is 5.75 Å². The molecular formula is C20H27N3O3. The molecule has 6 heteroatoms. The quantitative estimate of drug-likeness (QED) is 0.494. The number of nitrogens with two attached hydrogens (primary N) is 2. The van der Waals surface area contributed by atoms with E-state index in [1.165, 1.54) is 0 Å². The van der Waals surface area contributed by atoms with E-state index >= 15 is 0 Å². The summed E-state index contributed by atoms with van der Waals surface area (Å²) in [6.45, 7) is 4.16. The maximum atomic E-state index is 12.6. The molecular weight excluding hydrogens is 330 g/mol. The molecule has 0 fully saturated rings. The standard InChI is InChI=1S/C20H27N3O3/c1-13(2)18(23-19(24)17(22)8-5-11-21)20(25)26-16-10-9-14-6-3-4-7-15(14)12-16/h3-4,6-7,9-10,12-13,17-18H,5,8,11,21-22H2,1-2H3,(H,23,24)/t17-,18-/m1/s1. The largest absolute Gasteiger partial charge is 0.425 e. The lowest BCUT2D eigenvalue weighted by Crippen LogP contribution is -2.51. The maximum absolute atomic E-state index is 12.6. The van der Waals surface area contributed by atoms with Crippen LogP contribution in [0.3, 0.4) is 0 Å². The van der Waals surface area contributed by atoms with Gasteiger partial charge in [-0.3, -0.25) is 4.79 Å². The Bertz CT molecular complexity index is 761. The summed E-state index contributed by atoms with van der Waals surface area (Å²) in [4.78, 5) is 24.8. The summed E-state index contributed by atoms with van der Waals surface area (Å²) in [5.41, 5.74) is 11.3. The first kappa shape index (κ1) is 19.9. The maximum Gasteiger partial charge on any atom is 0.334 e. The van der Waals surface area contributed by atoms with Gasteiger partial charge in [-0.15, -0.1) is 0 Å². The molecule has 0 bridgehead atoms. The van der Waals surface area contributed by atoms with Crippen molar-refractivity contribution >= 4 is 22.6 Å². The molecule has 6 nitrogen and oxygen atoms in total. The third-order valence-electron chi connectivity index (χ3n) is 4.21. The summed E-state index contributed by atoms with van der Waals surface area (Å²) < 4.78 is 5.49. The Hall–Kier alpha value is -2.44. The summed E-state index contributed by atoms with van der Waals surface area (Å²) >= 11 is 0. The molecule has 2 atom stereocenters. The lowest BCUT2D eigenvalue weighted by Gasteiger charge is -2.22. The van der Waals surface area contributed by atoms with Crippen LogP contribution in [0.15, 0.2) is 42.5 Å². The van der Waals surface area contributed by atoms with Gasteiger partial charge in [0.25, 0.3) is 0 Å². The van der Waals surface area contributed by atoms with Crippen molar-refractivity contribution in [3.8, 4) is 5.75 Å². The fourth-order valence-corrected chi connectivity index (χ4v) is 2.64. The van der Waals surface area contributed by atoms with Gasteiger partial charge in [0.1, 0.15) is 11.8 Å². The van der Waals surface area contributed by atoms with Crippen molar-refractivity contribution in [1.29, 1.82) is 0 Å². The topological polar surface area (TPSA) is 107 Å². The molecule has 0 aliphatic heterocycles. The van der Waals surface area contributed by atoms with Gasteiger partial charge in [0.05, 0.1) is 6.04 Å². The van der Waals surface area contributed by atoms with Crippen molar-refractivity contribution in [2.24, 2.45) is 17.4 Å². The zero-order valence-corrected chi connectivity index (χ0v) is 15.3. The molecule has 0 unspecified atom stereocenters. The number of hydrogen-bond donors (Lipinski definition) is 3. The van der Waals surface area contributed by atoms with Crippen molar-refractivity contribution in [3.05, 3.63) is 42.5 Å². The fraction of sp³-hybridized carbons (Fsp3) is 0.400. The molecule has 0 aliphatic carbocycles. The Kier molecular flexibility index (Phi) is 7.12. The molecule has 0 spiro atoms. The van der Waals surface area contributed by atoms with Crippen LogP contribution in [-0.4, -0.2) is 30.5 Å². The Morgan fingerprint density at radius 2 is 1.81 bits per heavy atom. The molecule has 26 heavy (non-hydrogen) atoms. The molecule has 2 aromatic rings. The summed E-state index contributed by atoms with van der Waals surface area (Å²) in [6, 6.07) is 11.8. The van der Waals surface area contributed by atoms with Gasteiger partial charge in [0.2, 0.25) is 5.91 Å². The summed E-state index contributed by atoms with van der Waals surface area (Å²) in [5, 5.41) is 4.74. The molecule has 0 aliphatic rings. The van der Waals surface area contributed by atoms with Gasteiger partial charge < -0.3 is 21.5 Å². The van der Waals surface area contributed by atoms with Crippen molar-refractivity contribution < 1.29 is 14.3 Å². The number of carbonyl (C=O) groups is 2. The molecule has 5 N–H and O–H groups in total. The van der Waals surface area contributed by atoms with Gasteiger partial charge in [-0.25, -0.2) is 4.79 Å². The second kappa shape index (κ2) is 9.31. The summed E-state index contributed by atoms with van der Waals surface area (Å²) in [6.07, 6.45) is 1.13. The number of carbonyl (C=O) groups excluding carboxylic acids is 2. The molecule has 1 amide bonds. The lowest BCUT2D eigenvalue weighted by atomic mass is 10.0. The highest BCUT2D eigenvalue weighted by atomic mass is 16.5. The second-order valence-corrected chi connectivity index (χ2v) is 6.70. The van der Waals surface area contributed by atoms with Crippen molar-refractivity contribution in [3.63, 3.8) is 0 Å². The SMILES string of the molecule is CC(C)[C@@H](NC(=O)[C@H](N)CCCN)C(=O)Oc1ccc2ccccc2c1. The van der Waals surface area contributed by atoms with Gasteiger partial charge in [0, 0.05) is 0 Å². The van der Waals surface area contributed by atoms with E-state index in [4.69, 9.17) is 16.2 Å². The zero-order valence-electron chi connectivity index (χ0n) is 15.3. The van der Waals surface area contributed by atoms with Crippen LogP contribution in [0.1, 0.15) is 26.7 Å². The number of fused-ring (bicyclic) bond motifs is 1. The van der Waals surface area contributed by atoms with Crippen LogP contribution in [-0.2, 0) is 9.59 Å². The number of rotatable bonds is 8. The molecule has 0 radical (unpaired) electrons. The van der Waals surface area contributed by atoms with Crippen LogP contribution < -0.4 is 21.5 Å². The van der Waals surface area contributed by atoms with Gasteiger partial charge >= 0.3 is 5.97 Å². The molecule has 0 saturated heterocycles. The van der Waals surface area contributed by atoms with Crippen LogP contribution in [0.25, 0.3) is 10.8 Å². The number of nitrogens with one attached hydrogen (secondary N) is 1. The number of ether oxygens (including phenoxy) is 1. The molecule has 2 rings (SSSR count). The summed E-state index contributed by atoms with van der Waals surface area (Å²) in [5.74, 6) is -0.558. The van der Waals surface area contributed by atoms with Gasteiger partial charge in [-0.2, -0.15) is 0 Å². The van der Waals surface area contributed by atoms with E-state index in [2.05, 4.69) is 5.32 Å². The van der Waals surface area contributed by atoms with E-state index in [1.54, 1.807) is 12.1 Å². The van der Waals surface area contributed by atoms with Crippen molar-refractivity contribution in [2.45, 2.75) is 38.8 Å². The average molecular weight is 357 g/mol.